The second-order valence-corrected chi connectivity index (χ2v) is 55.6. The molecule has 16 bridgehead atoms. The van der Waals surface area contributed by atoms with E-state index >= 15 is 0 Å². The summed E-state index contributed by atoms with van der Waals surface area (Å²) < 4.78 is 24.7. The average molecular weight is 1860 g/mol. The number of nitrogens with zero attached hydrogens (tertiary/aromatic N) is 2. The van der Waals surface area contributed by atoms with Crippen molar-refractivity contribution in [3.63, 3.8) is 0 Å². The molecule has 24 aliphatic carbocycles. The first-order valence-electron chi connectivity index (χ1n) is 47.1. The van der Waals surface area contributed by atoms with E-state index in [1.54, 1.807) is 0 Å². The van der Waals surface area contributed by atoms with Gasteiger partial charge in [-0.25, -0.2) is 0 Å². The zero-order valence-electron chi connectivity index (χ0n) is 81.6. The Bertz CT molecular complexity index is 4110. The number of aliphatic hydroxyl groups is 5. The number of carbonyl (C=O) groups is 8. The van der Waals surface area contributed by atoms with Crippen LogP contribution in [-0.2, 0) is 56.7 Å². The first-order chi connectivity index (χ1) is 58.7. The number of hydrogen-bond donors (Lipinski definition) is 5. The van der Waals surface area contributed by atoms with Gasteiger partial charge in [0.05, 0.1) is 35.2 Å². The molecule has 0 aliphatic heterocycles. The normalized spacial score (nSPS) is 34.7. The van der Waals surface area contributed by atoms with Crippen molar-refractivity contribution in [3.05, 3.63) is 90.6 Å². The number of allylic oxidation sites excluding steroid dienone is 11. The van der Waals surface area contributed by atoms with Crippen LogP contribution in [0.4, 0.5) is 0 Å². The summed E-state index contributed by atoms with van der Waals surface area (Å²) in [7, 11) is -6.06. The first-order valence-corrected chi connectivity index (χ1v) is 55.5. The Hall–Kier alpha value is -2.54. The summed E-state index contributed by atoms with van der Waals surface area (Å²) in [4.78, 5) is 93.5. The third kappa shape index (κ3) is 29.3. The van der Waals surface area contributed by atoms with Crippen LogP contribution in [-0.4, -0.2) is 157 Å². The van der Waals surface area contributed by atoms with E-state index in [-0.39, 0.29) is 191 Å². The molecule has 24 aliphatic rings. The van der Waals surface area contributed by atoms with Gasteiger partial charge in [-0.3, -0.25) is 33.6 Å². The van der Waals surface area contributed by atoms with Crippen molar-refractivity contribution in [2.24, 2.45) is 90.7 Å². The zero-order chi connectivity index (χ0) is 92.9. The van der Waals surface area contributed by atoms with Gasteiger partial charge in [-0.05, 0) is 252 Å². The number of Topliss-reactive ketones (excluding diaryl/α,β-unsaturated/α-hetero) is 6. The van der Waals surface area contributed by atoms with Gasteiger partial charge < -0.3 is 60.8 Å². The van der Waals surface area contributed by atoms with Crippen LogP contribution in [0.15, 0.2) is 85.1 Å². The molecule has 10 fully saturated rings. The van der Waals surface area contributed by atoms with Crippen molar-refractivity contribution in [3.8, 4) is 24.7 Å². The van der Waals surface area contributed by atoms with Gasteiger partial charge in [-0.1, -0.05) is 153 Å². The number of terminal acetylenes is 2. The summed E-state index contributed by atoms with van der Waals surface area (Å²) in [6.45, 7) is 32.2. The van der Waals surface area contributed by atoms with Crippen molar-refractivity contribution in [1.29, 1.82) is 0 Å². The van der Waals surface area contributed by atoms with Gasteiger partial charge in [0.1, 0.15) is 35.2 Å². The molecule has 25 heteroatoms. The number of fused-ring (bicyclic) bond motifs is 17. The van der Waals surface area contributed by atoms with Crippen molar-refractivity contribution >= 4 is 76.7 Å². The molecular formula is C102H157K2N2O18PSi2. The second kappa shape index (κ2) is 50.0. The second-order valence-electron chi connectivity index (χ2n) is 43.0. The van der Waals surface area contributed by atoms with E-state index in [9.17, 15) is 48.3 Å². The minimum atomic E-state index is -2.68. The number of hydrogen-bond acceptors (Lipinski definition) is 18. The van der Waals surface area contributed by atoms with E-state index in [1.807, 2.05) is 24.3 Å². The van der Waals surface area contributed by atoms with Crippen LogP contribution in [0, 0.1) is 115 Å². The maximum atomic E-state index is 12.2. The van der Waals surface area contributed by atoms with Gasteiger partial charge in [-0.15, -0.1) is 24.7 Å². The van der Waals surface area contributed by atoms with Gasteiger partial charge in [0.15, 0.2) is 23.8 Å². The number of ketones is 6. The summed E-state index contributed by atoms with van der Waals surface area (Å²) >= 11 is 0. The van der Waals surface area contributed by atoms with Crippen molar-refractivity contribution in [2.75, 3.05) is 33.2 Å². The Morgan fingerprint density at radius 1 is 0.535 bits per heavy atom. The van der Waals surface area contributed by atoms with Gasteiger partial charge >= 0.3 is 108 Å². The predicted octanol–water partition coefficient (Wildman–Crippen LogP) is 12.7. The summed E-state index contributed by atoms with van der Waals surface area (Å²) in [6, 6.07) is 0. The fourth-order valence-corrected chi connectivity index (χ4v) is 25.7. The van der Waals surface area contributed by atoms with E-state index < -0.39 is 35.0 Å². The molecule has 0 aromatic heterocycles. The van der Waals surface area contributed by atoms with Crippen LogP contribution in [0.25, 0.3) is 5.53 Å². The number of carbonyl (C=O) groups excluding carboxylic acids is 8. The molecule has 0 heterocycles. The summed E-state index contributed by atoms with van der Waals surface area (Å²) in [5, 5.41) is 55.3. The van der Waals surface area contributed by atoms with E-state index in [4.69, 9.17) is 52.6 Å². The Labute approximate surface area is 850 Å². The standard InChI is InChI=1S/C17H32O2Si.C17H32OSi.C11H14O.C11H12O.C10H16O2.2C10H14O2.C10H12O2.C5H9N2O2P.CH2O3.2K.H/c1-7-9-17-10-8-13(14(18)12-17)11-15(17)19-20(5,6)16(2,3)4;1-7-10-17-11-8-14(9-12-17)13-15(17)18-19(5,6)16(2,3)4;2*1-2-5-11-6-3-9(4-7-11)8-10(11)12;4*11-6-5-10-3-1-8(2-4-10)7-9(10)12;1-4(8)5(7-6)10(2,3)9;2-1-4-3;;;/h13,15H,7-12H2,1-6H3;8,11,14-15H,7,9-10,12-13H2,1-6H3;1,3,6,9-10,12H,4-5,7-8H2;1,3,6,9H,4-5,7-8H2;1,3,8-9,11-12H,2,4-7H2;2*1,3,8,11H,2,4-7H2;1,3,6,8H,2,4-5,7H2;1-3H3;1,3H;;;/q;;;;;;;;;;2*+1;-1/p-1. The van der Waals surface area contributed by atoms with Crippen molar-refractivity contribution in [2.45, 2.75) is 348 Å². The van der Waals surface area contributed by atoms with Crippen LogP contribution in [0.1, 0.15) is 288 Å². The molecule has 0 aromatic carbocycles. The summed E-state index contributed by atoms with van der Waals surface area (Å²) in [5.74, 6) is 10.9. The molecule has 20 unspecified atom stereocenters. The fraction of sp³-hybridized carbons (Fsp3) is 0.735. The fourth-order valence-electron chi connectivity index (χ4n) is 21.9. The summed E-state index contributed by atoms with van der Waals surface area (Å²) in [6.07, 6.45) is 76.2. The Balaban J connectivity index is 0.000000302. The molecule has 20 atom stereocenters. The molecular weight excluding hydrogens is 1710 g/mol. The van der Waals surface area contributed by atoms with Crippen LogP contribution in [0.2, 0.25) is 36.3 Å². The van der Waals surface area contributed by atoms with Crippen LogP contribution in [0.3, 0.4) is 0 Å². The third-order valence-electron chi connectivity index (χ3n) is 32.2. The predicted molar refractivity (Wildman–Crippen MR) is 498 cm³/mol. The zero-order valence-corrected chi connectivity index (χ0v) is 89.7. The van der Waals surface area contributed by atoms with E-state index in [2.05, 4.69) is 164 Å². The molecule has 20 nitrogen and oxygen atoms in total. The maximum Gasteiger partial charge on any atom is 1.00 e. The Kier molecular flexibility index (Phi) is 45.2. The molecule has 127 heavy (non-hydrogen) atoms. The SMILES string of the molecule is C#CCC12C=CC(CC1)CC2=O.C#CCC12C=CC(CC1)CC2O.CC(=O)C(=[N+]=[N-])P(C)(C)=O.CCCC12C=CC(CC1)CC2O[Si](C)(C)C(C)(C)C.CCCC12CCC(CC1O[Si](C)(C)C(C)(C)C)C(=O)C2.O=C1CC2C=CC1(CCO)CC2.O=C1CC2C=CC1(CCO)CC2.O=CCC12C=CC(CC1)CC2=O.O=CO[O-].OCCC12C=CC(CC1)CC2O.[H-].[K+].[K+]. The number of aliphatic hydroxyl groups excluding tert-OH is 5. The Morgan fingerprint density at radius 3 is 1.20 bits per heavy atom. The molecule has 10 saturated carbocycles. The molecule has 0 spiro atoms. The topological polar surface area (TPSA) is 342 Å². The van der Waals surface area contributed by atoms with Gasteiger partial charge in [-0.2, -0.15) is 4.79 Å². The molecule has 24 rings (SSSR count). The van der Waals surface area contributed by atoms with Gasteiger partial charge in [0, 0.05) is 117 Å². The molecule has 0 radical (unpaired) electrons. The minimum absolute atomic E-state index is 0. The minimum Gasteiger partial charge on any atom is -1.00 e. The maximum absolute atomic E-state index is 12.2. The largest absolute Gasteiger partial charge is 1.00 e. The molecule has 0 amide bonds. The van der Waals surface area contributed by atoms with Crippen LogP contribution >= 0.6 is 7.14 Å². The molecule has 698 valence electrons. The molecule has 0 aromatic rings. The van der Waals surface area contributed by atoms with Crippen LogP contribution < -0.4 is 108 Å². The smallest absolute Gasteiger partial charge is 1.00 e. The van der Waals surface area contributed by atoms with Crippen molar-refractivity contribution in [1.82, 2.24) is 0 Å². The van der Waals surface area contributed by atoms with Crippen molar-refractivity contribution < 1.29 is 196 Å². The monoisotopic (exact) mass is 1860 g/mol. The molecule has 5 N–H and O–H groups in total. The van der Waals surface area contributed by atoms with E-state index in [0.29, 0.717) is 139 Å². The molecule has 0 saturated heterocycles. The Morgan fingerprint density at radius 2 is 0.906 bits per heavy atom. The third-order valence-corrected chi connectivity index (χ3v) is 42.6. The number of aldehydes is 1. The van der Waals surface area contributed by atoms with Gasteiger partial charge in [0.2, 0.25) is 5.78 Å². The summed E-state index contributed by atoms with van der Waals surface area (Å²) in [5.41, 5.74) is 7.17. The number of rotatable bonds is 21. The van der Waals surface area contributed by atoms with Crippen LogP contribution in [0.5, 0.6) is 0 Å². The quantitative estimate of drug-likeness (QED) is 0.00681. The van der Waals surface area contributed by atoms with Gasteiger partial charge in [0.25, 0.3) is 6.47 Å². The van der Waals surface area contributed by atoms with E-state index in [1.165, 1.54) is 71.6 Å². The average Bonchev–Trinajstić information content (AvgIpc) is 0.741. The first kappa shape index (κ1) is 115. The van der Waals surface area contributed by atoms with E-state index in [0.717, 1.165) is 134 Å².